The van der Waals surface area contributed by atoms with Gasteiger partial charge in [0.25, 0.3) is 0 Å². The number of H-pyrrole nitrogens is 1. The van der Waals surface area contributed by atoms with Crippen molar-refractivity contribution in [3.8, 4) is 0 Å². The van der Waals surface area contributed by atoms with Gasteiger partial charge in [-0.1, -0.05) is 18.2 Å². The van der Waals surface area contributed by atoms with Gasteiger partial charge in [-0.25, -0.2) is 4.79 Å². The number of ketones is 1. The summed E-state index contributed by atoms with van der Waals surface area (Å²) in [5, 5.41) is 0.808. The number of aromatic nitrogens is 2. The molecule has 0 spiro atoms. The van der Waals surface area contributed by atoms with Crippen LogP contribution in [0.5, 0.6) is 0 Å². The molecule has 104 valence electrons. The summed E-state index contributed by atoms with van der Waals surface area (Å²) in [6.45, 7) is 0. The Labute approximate surface area is 120 Å². The molecule has 0 aliphatic rings. The number of ether oxygens (including phenoxy) is 1. The average Bonchev–Trinajstić information content (AvgIpc) is 2.97. The van der Waals surface area contributed by atoms with E-state index in [2.05, 4.69) is 9.97 Å². The third-order valence-corrected chi connectivity index (χ3v) is 3.30. The number of para-hydroxylation sites is 1. The Bertz CT molecular complexity index is 836. The first-order valence-electron chi connectivity index (χ1n) is 6.35. The number of nitrogens with one attached hydrogen (secondary N) is 1. The van der Waals surface area contributed by atoms with Crippen LogP contribution >= 0.6 is 0 Å². The van der Waals surface area contributed by atoms with Crippen LogP contribution in [-0.4, -0.2) is 28.8 Å². The molecule has 0 atom stereocenters. The fourth-order valence-electron chi connectivity index (χ4n) is 2.27. The number of rotatable bonds is 3. The largest absolute Gasteiger partial charge is 0.465 e. The van der Waals surface area contributed by atoms with Crippen molar-refractivity contribution in [3.05, 3.63) is 65.6 Å². The molecule has 1 N–H and O–H groups in total. The summed E-state index contributed by atoms with van der Waals surface area (Å²) in [6.07, 6.45) is 4.48. The van der Waals surface area contributed by atoms with E-state index < -0.39 is 5.97 Å². The van der Waals surface area contributed by atoms with E-state index in [-0.39, 0.29) is 16.9 Å². The Morgan fingerprint density at radius 2 is 1.90 bits per heavy atom. The van der Waals surface area contributed by atoms with Crippen LogP contribution in [0.3, 0.4) is 0 Å². The molecule has 2 heterocycles. The number of nitrogens with zero attached hydrogens (tertiary/aromatic N) is 1. The van der Waals surface area contributed by atoms with Crippen LogP contribution in [0.4, 0.5) is 0 Å². The molecule has 5 nitrogen and oxygen atoms in total. The van der Waals surface area contributed by atoms with Crippen molar-refractivity contribution in [2.75, 3.05) is 7.11 Å². The molecule has 0 bridgehead atoms. The van der Waals surface area contributed by atoms with Gasteiger partial charge in [-0.2, -0.15) is 0 Å². The summed E-state index contributed by atoms with van der Waals surface area (Å²) in [7, 11) is 1.28. The van der Waals surface area contributed by atoms with Crippen molar-refractivity contribution in [2.24, 2.45) is 0 Å². The van der Waals surface area contributed by atoms with Gasteiger partial charge in [0.2, 0.25) is 0 Å². The number of carbonyl (C=O) groups is 2. The highest BCUT2D eigenvalue weighted by Gasteiger charge is 2.21. The molecule has 0 saturated carbocycles. The van der Waals surface area contributed by atoms with Crippen LogP contribution in [0, 0.1) is 0 Å². The average molecular weight is 280 g/mol. The molecule has 3 rings (SSSR count). The molecular weight excluding hydrogens is 268 g/mol. The monoisotopic (exact) mass is 280 g/mol. The van der Waals surface area contributed by atoms with E-state index in [0.717, 1.165) is 10.9 Å². The van der Waals surface area contributed by atoms with E-state index in [0.29, 0.717) is 5.56 Å². The maximum absolute atomic E-state index is 12.7. The highest BCUT2D eigenvalue weighted by molar-refractivity contribution is 6.19. The van der Waals surface area contributed by atoms with Gasteiger partial charge >= 0.3 is 5.97 Å². The van der Waals surface area contributed by atoms with E-state index in [1.54, 1.807) is 6.20 Å². The highest BCUT2D eigenvalue weighted by Crippen LogP contribution is 2.22. The fraction of sp³-hybridized carbons (Fsp3) is 0.0625. The normalized spacial score (nSPS) is 10.5. The molecule has 0 amide bonds. The second-order valence-electron chi connectivity index (χ2n) is 4.49. The summed E-state index contributed by atoms with van der Waals surface area (Å²) in [5.41, 5.74) is 1.81. The highest BCUT2D eigenvalue weighted by atomic mass is 16.5. The number of aromatic amines is 1. The van der Waals surface area contributed by atoms with E-state index in [1.807, 2.05) is 24.3 Å². The molecule has 0 fully saturated rings. The number of methoxy groups -OCH3 is 1. The third kappa shape index (κ3) is 2.18. The minimum Gasteiger partial charge on any atom is -0.465 e. The van der Waals surface area contributed by atoms with Crippen molar-refractivity contribution < 1.29 is 14.3 Å². The predicted octanol–water partition coefficient (Wildman–Crippen LogP) is 2.58. The molecule has 21 heavy (non-hydrogen) atoms. The Hall–Kier alpha value is -2.95. The standard InChI is InChI=1S/C16H12N2O3/c1-21-16(20)11-6-7-17-8-12(11)15(19)13-9-18-14-5-3-2-4-10(13)14/h2-9,18H,1H3. The minimum atomic E-state index is -0.555. The number of pyridine rings is 1. The van der Waals surface area contributed by atoms with E-state index in [4.69, 9.17) is 4.74 Å². The second kappa shape index (κ2) is 5.20. The van der Waals surface area contributed by atoms with Gasteiger partial charge in [0.05, 0.1) is 18.2 Å². The van der Waals surface area contributed by atoms with Crippen LogP contribution in [0.15, 0.2) is 48.9 Å². The molecule has 0 aliphatic heterocycles. The van der Waals surface area contributed by atoms with Crippen molar-refractivity contribution >= 4 is 22.7 Å². The molecule has 0 aliphatic carbocycles. The molecule has 3 aromatic rings. The lowest BCUT2D eigenvalue weighted by Crippen LogP contribution is -2.11. The lowest BCUT2D eigenvalue weighted by atomic mass is 10.00. The van der Waals surface area contributed by atoms with Crippen LogP contribution in [0.25, 0.3) is 10.9 Å². The summed E-state index contributed by atoms with van der Waals surface area (Å²) >= 11 is 0. The molecular formula is C16H12N2O3. The number of fused-ring (bicyclic) bond motifs is 1. The molecule has 5 heteroatoms. The minimum absolute atomic E-state index is 0.211. The second-order valence-corrected chi connectivity index (χ2v) is 4.49. The number of hydrogen-bond acceptors (Lipinski definition) is 4. The van der Waals surface area contributed by atoms with Crippen LogP contribution in [0.1, 0.15) is 26.3 Å². The number of hydrogen-bond donors (Lipinski definition) is 1. The van der Waals surface area contributed by atoms with Crippen molar-refractivity contribution in [2.45, 2.75) is 0 Å². The van der Waals surface area contributed by atoms with Crippen LogP contribution in [-0.2, 0) is 4.74 Å². The number of esters is 1. The summed E-state index contributed by atoms with van der Waals surface area (Å²) < 4.78 is 4.71. The van der Waals surface area contributed by atoms with Crippen molar-refractivity contribution in [1.82, 2.24) is 9.97 Å². The van der Waals surface area contributed by atoms with Crippen LogP contribution in [0.2, 0.25) is 0 Å². The first-order valence-corrected chi connectivity index (χ1v) is 6.35. The summed E-state index contributed by atoms with van der Waals surface area (Å²) in [5.74, 6) is -0.818. The zero-order chi connectivity index (χ0) is 14.8. The maximum atomic E-state index is 12.7. The Morgan fingerprint density at radius 1 is 1.10 bits per heavy atom. The van der Waals surface area contributed by atoms with E-state index in [1.165, 1.54) is 25.6 Å². The Balaban J connectivity index is 2.13. The lowest BCUT2D eigenvalue weighted by molar-refractivity contribution is 0.0597. The first-order chi connectivity index (χ1) is 10.2. The van der Waals surface area contributed by atoms with Gasteiger partial charge in [0.1, 0.15) is 0 Å². The molecule has 2 aromatic heterocycles. The van der Waals surface area contributed by atoms with Gasteiger partial charge < -0.3 is 9.72 Å². The van der Waals surface area contributed by atoms with Crippen LogP contribution < -0.4 is 0 Å². The fourth-order valence-corrected chi connectivity index (χ4v) is 2.27. The topological polar surface area (TPSA) is 72.0 Å². The molecule has 0 radical (unpaired) electrons. The predicted molar refractivity (Wildman–Crippen MR) is 77.3 cm³/mol. The lowest BCUT2D eigenvalue weighted by Gasteiger charge is -2.05. The third-order valence-electron chi connectivity index (χ3n) is 3.30. The van der Waals surface area contributed by atoms with E-state index in [9.17, 15) is 9.59 Å². The van der Waals surface area contributed by atoms with Gasteiger partial charge in [-0.3, -0.25) is 9.78 Å². The zero-order valence-corrected chi connectivity index (χ0v) is 11.3. The molecule has 0 unspecified atom stereocenters. The SMILES string of the molecule is COC(=O)c1ccncc1C(=O)c1c[nH]c2ccccc12. The van der Waals surface area contributed by atoms with Gasteiger partial charge in [0, 0.05) is 35.1 Å². The first kappa shape index (κ1) is 13.1. The van der Waals surface area contributed by atoms with Gasteiger partial charge in [0.15, 0.2) is 5.78 Å². The number of carbonyl (C=O) groups excluding carboxylic acids is 2. The quantitative estimate of drug-likeness (QED) is 0.591. The van der Waals surface area contributed by atoms with E-state index >= 15 is 0 Å². The molecule has 1 aromatic carbocycles. The summed E-state index contributed by atoms with van der Waals surface area (Å²) in [6, 6.07) is 8.96. The smallest absolute Gasteiger partial charge is 0.338 e. The van der Waals surface area contributed by atoms with Gasteiger partial charge in [-0.15, -0.1) is 0 Å². The summed E-state index contributed by atoms with van der Waals surface area (Å²) in [4.78, 5) is 31.4. The Kier molecular flexibility index (Phi) is 3.23. The van der Waals surface area contributed by atoms with Crippen molar-refractivity contribution in [1.29, 1.82) is 0 Å². The Morgan fingerprint density at radius 3 is 2.71 bits per heavy atom. The zero-order valence-electron chi connectivity index (χ0n) is 11.3. The van der Waals surface area contributed by atoms with Gasteiger partial charge in [-0.05, 0) is 12.1 Å². The maximum Gasteiger partial charge on any atom is 0.338 e. The van der Waals surface area contributed by atoms with Crippen molar-refractivity contribution in [3.63, 3.8) is 0 Å². The molecule has 0 saturated heterocycles. The number of benzene rings is 1.